The van der Waals surface area contributed by atoms with Crippen LogP contribution in [0.15, 0.2) is 48.5 Å². The first kappa shape index (κ1) is 24.4. The van der Waals surface area contributed by atoms with Crippen LogP contribution in [0.3, 0.4) is 0 Å². The molecule has 1 atom stereocenters. The van der Waals surface area contributed by atoms with E-state index >= 15 is 0 Å². The smallest absolute Gasteiger partial charge is 0.323 e. The summed E-state index contributed by atoms with van der Waals surface area (Å²) >= 11 is 6.20. The summed E-state index contributed by atoms with van der Waals surface area (Å²) in [5.41, 5.74) is 0.484. The van der Waals surface area contributed by atoms with Gasteiger partial charge in [0.15, 0.2) is 0 Å². The van der Waals surface area contributed by atoms with E-state index in [9.17, 15) is 23.9 Å². The second kappa shape index (κ2) is 9.72. The van der Waals surface area contributed by atoms with Crippen molar-refractivity contribution in [3.05, 3.63) is 70.5 Å². The first-order valence-electron chi connectivity index (χ1n) is 10.2. The van der Waals surface area contributed by atoms with Gasteiger partial charge in [0, 0.05) is 16.1 Å². The van der Waals surface area contributed by atoms with Crippen LogP contribution in [0, 0.1) is 5.82 Å². The van der Waals surface area contributed by atoms with Crippen LogP contribution in [-0.4, -0.2) is 47.7 Å². The lowest BCUT2D eigenvalue weighted by Crippen LogP contribution is -2.48. The number of carbonyl (C=O) groups excluding carboxylic acids is 2. The first-order valence-corrected chi connectivity index (χ1v) is 10.6. The Labute approximate surface area is 195 Å². The summed E-state index contributed by atoms with van der Waals surface area (Å²) < 4.78 is 20.0. The van der Waals surface area contributed by atoms with Crippen molar-refractivity contribution < 1.29 is 28.6 Å². The largest absolute Gasteiger partial charge is 0.480 e. The number of carboxylic acids is 1. The molecule has 0 spiro atoms. The Hall–Kier alpha value is -3.23. The summed E-state index contributed by atoms with van der Waals surface area (Å²) in [5.74, 6) is -2.97. The van der Waals surface area contributed by atoms with E-state index in [1.807, 2.05) is 0 Å². The van der Waals surface area contributed by atoms with Crippen LogP contribution in [-0.2, 0) is 19.1 Å². The zero-order valence-corrected chi connectivity index (χ0v) is 19.1. The molecule has 0 saturated heterocycles. The predicted molar refractivity (Wildman–Crippen MR) is 123 cm³/mol. The Balaban J connectivity index is 2.11. The highest BCUT2D eigenvalue weighted by atomic mass is 35.5. The summed E-state index contributed by atoms with van der Waals surface area (Å²) in [6.07, 6.45) is 1.47. The van der Waals surface area contributed by atoms with E-state index in [2.05, 4.69) is 5.32 Å². The molecule has 0 radical (unpaired) electrons. The SMILES string of the molecule is CC(C)(C)OC(=O)CNC1C=C(c2ccccc2F)c2cc(Cl)ccc2N(CC(=O)O)C1=O. The number of benzene rings is 2. The van der Waals surface area contributed by atoms with E-state index in [0.717, 1.165) is 4.90 Å². The Bertz CT molecular complexity index is 1130. The molecule has 1 aliphatic rings. The normalized spacial score (nSPS) is 16.0. The number of esters is 1. The summed E-state index contributed by atoms with van der Waals surface area (Å²) in [4.78, 5) is 38.2. The fraction of sp³-hybridized carbons (Fsp3) is 0.292. The number of amides is 1. The quantitative estimate of drug-likeness (QED) is 0.620. The number of ether oxygens (including phenoxy) is 1. The summed E-state index contributed by atoms with van der Waals surface area (Å²) in [5, 5.41) is 12.6. The number of fused-ring (bicyclic) bond motifs is 1. The molecule has 2 N–H and O–H groups in total. The second-order valence-electron chi connectivity index (χ2n) is 8.48. The molecule has 0 fully saturated rings. The highest BCUT2D eigenvalue weighted by molar-refractivity contribution is 6.31. The van der Waals surface area contributed by atoms with Crippen molar-refractivity contribution in [2.75, 3.05) is 18.0 Å². The maximum atomic E-state index is 14.8. The minimum absolute atomic E-state index is 0.204. The highest BCUT2D eigenvalue weighted by Gasteiger charge is 2.33. The summed E-state index contributed by atoms with van der Waals surface area (Å²) in [6, 6.07) is 9.48. The predicted octanol–water partition coefficient (Wildman–Crippen LogP) is 3.64. The van der Waals surface area contributed by atoms with Crippen LogP contribution >= 0.6 is 11.6 Å². The molecule has 1 heterocycles. The van der Waals surface area contributed by atoms with Gasteiger partial charge in [0.25, 0.3) is 0 Å². The van der Waals surface area contributed by atoms with Crippen molar-refractivity contribution in [1.82, 2.24) is 5.32 Å². The third kappa shape index (κ3) is 5.97. The third-order valence-corrected chi connectivity index (χ3v) is 4.98. The molecule has 1 amide bonds. The fourth-order valence-electron chi connectivity index (χ4n) is 3.50. The Kier molecular flexibility index (Phi) is 7.19. The lowest BCUT2D eigenvalue weighted by Gasteiger charge is -2.25. The van der Waals surface area contributed by atoms with Gasteiger partial charge in [-0.25, -0.2) is 4.39 Å². The van der Waals surface area contributed by atoms with Gasteiger partial charge in [-0.05, 0) is 56.7 Å². The molecule has 7 nitrogen and oxygen atoms in total. The molecule has 0 saturated carbocycles. The van der Waals surface area contributed by atoms with Crippen molar-refractivity contribution in [1.29, 1.82) is 0 Å². The van der Waals surface area contributed by atoms with Gasteiger partial charge in [0.2, 0.25) is 5.91 Å². The minimum atomic E-state index is -1.23. The minimum Gasteiger partial charge on any atom is -0.480 e. The zero-order chi connectivity index (χ0) is 24.3. The van der Waals surface area contributed by atoms with Crippen LogP contribution in [0.5, 0.6) is 0 Å². The second-order valence-corrected chi connectivity index (χ2v) is 8.92. The van der Waals surface area contributed by atoms with Crippen molar-refractivity contribution >= 4 is 40.7 Å². The number of hydrogen-bond acceptors (Lipinski definition) is 5. The highest BCUT2D eigenvalue weighted by Crippen LogP contribution is 2.37. The summed E-state index contributed by atoms with van der Waals surface area (Å²) in [7, 11) is 0. The van der Waals surface area contributed by atoms with Gasteiger partial charge in [-0.1, -0.05) is 29.8 Å². The standard InChI is InChI=1S/C24H24ClFN2O5/c1-24(2,3)33-22(31)12-27-19-11-16(15-6-4-5-7-18(15)26)17-10-14(25)8-9-20(17)28(23(19)32)13-21(29)30/h4-11,19,27H,12-13H2,1-3H3,(H,29,30). The van der Waals surface area contributed by atoms with E-state index in [1.54, 1.807) is 39.0 Å². The fourth-order valence-corrected chi connectivity index (χ4v) is 3.68. The number of anilines is 1. The van der Waals surface area contributed by atoms with Crippen molar-refractivity contribution in [3.63, 3.8) is 0 Å². The van der Waals surface area contributed by atoms with Crippen molar-refractivity contribution in [2.24, 2.45) is 0 Å². The molecule has 1 aliphatic heterocycles. The molecule has 174 valence electrons. The van der Waals surface area contributed by atoms with Crippen LogP contribution in [0.4, 0.5) is 10.1 Å². The number of rotatable bonds is 6. The van der Waals surface area contributed by atoms with Crippen LogP contribution in [0.2, 0.25) is 5.02 Å². The van der Waals surface area contributed by atoms with E-state index in [-0.39, 0.29) is 17.8 Å². The molecule has 2 aromatic rings. The Morgan fingerprint density at radius 3 is 2.52 bits per heavy atom. The maximum absolute atomic E-state index is 14.8. The lowest BCUT2D eigenvalue weighted by atomic mass is 9.95. The molecule has 3 rings (SSSR count). The van der Waals surface area contributed by atoms with Crippen LogP contribution in [0.1, 0.15) is 31.9 Å². The molecule has 1 unspecified atom stereocenters. The maximum Gasteiger partial charge on any atom is 0.323 e. The molecule has 9 heteroatoms. The number of carbonyl (C=O) groups is 3. The lowest BCUT2D eigenvalue weighted by molar-refractivity contribution is -0.153. The van der Waals surface area contributed by atoms with E-state index in [1.165, 1.54) is 30.3 Å². The average Bonchev–Trinajstić information content (AvgIpc) is 2.81. The van der Waals surface area contributed by atoms with Gasteiger partial charge in [0.1, 0.15) is 24.0 Å². The van der Waals surface area contributed by atoms with Gasteiger partial charge in [0.05, 0.1) is 12.2 Å². The van der Waals surface area contributed by atoms with E-state index in [0.29, 0.717) is 16.2 Å². The Morgan fingerprint density at radius 2 is 1.88 bits per heavy atom. The van der Waals surface area contributed by atoms with Crippen molar-refractivity contribution in [2.45, 2.75) is 32.4 Å². The number of hydrogen-bond donors (Lipinski definition) is 2. The Morgan fingerprint density at radius 1 is 1.18 bits per heavy atom. The molecule has 0 aliphatic carbocycles. The first-order chi connectivity index (χ1) is 15.5. The average molecular weight is 475 g/mol. The van der Waals surface area contributed by atoms with Crippen molar-refractivity contribution in [3.8, 4) is 0 Å². The van der Waals surface area contributed by atoms with Crippen LogP contribution < -0.4 is 10.2 Å². The van der Waals surface area contributed by atoms with E-state index < -0.39 is 41.9 Å². The molecule has 0 aromatic heterocycles. The summed E-state index contributed by atoms with van der Waals surface area (Å²) in [6.45, 7) is 4.20. The number of nitrogens with zero attached hydrogens (tertiary/aromatic N) is 1. The molecule has 2 aromatic carbocycles. The zero-order valence-electron chi connectivity index (χ0n) is 18.4. The third-order valence-electron chi connectivity index (χ3n) is 4.75. The van der Waals surface area contributed by atoms with Gasteiger partial charge in [-0.15, -0.1) is 0 Å². The van der Waals surface area contributed by atoms with E-state index in [4.69, 9.17) is 16.3 Å². The number of aliphatic carboxylic acids is 1. The molecule has 33 heavy (non-hydrogen) atoms. The van der Waals surface area contributed by atoms with Gasteiger partial charge < -0.3 is 9.84 Å². The molecular formula is C24H24ClFN2O5. The molecule has 0 bridgehead atoms. The van der Waals surface area contributed by atoms with Gasteiger partial charge in [-0.3, -0.25) is 24.6 Å². The monoisotopic (exact) mass is 474 g/mol. The number of carboxylic acid groups (broad SMARTS) is 1. The molecular weight excluding hydrogens is 451 g/mol. The topological polar surface area (TPSA) is 95.9 Å². The number of halogens is 2. The van der Waals surface area contributed by atoms with Crippen LogP contribution in [0.25, 0.3) is 5.57 Å². The number of nitrogens with one attached hydrogen (secondary N) is 1. The van der Waals surface area contributed by atoms with Gasteiger partial charge >= 0.3 is 11.9 Å². The van der Waals surface area contributed by atoms with Gasteiger partial charge in [-0.2, -0.15) is 0 Å².